The molecular formula is C20H25FN2O3. The van der Waals surface area contributed by atoms with Gasteiger partial charge in [0.15, 0.2) is 6.10 Å². The predicted octanol–water partition coefficient (Wildman–Crippen LogP) is 2.64. The van der Waals surface area contributed by atoms with Crippen LogP contribution in [0.25, 0.3) is 0 Å². The van der Waals surface area contributed by atoms with Crippen LogP contribution >= 0.6 is 0 Å². The number of halogens is 1. The predicted molar refractivity (Wildman–Crippen MR) is 94.1 cm³/mol. The van der Waals surface area contributed by atoms with Crippen LogP contribution in [-0.2, 0) is 9.59 Å². The first kappa shape index (κ1) is 17.3. The fraction of sp³-hybridized carbons (Fsp3) is 0.600. The zero-order valence-electron chi connectivity index (χ0n) is 14.9. The van der Waals surface area contributed by atoms with Gasteiger partial charge in [-0.05, 0) is 55.9 Å². The Hall–Kier alpha value is -2.11. The maximum Gasteiger partial charge on any atom is 0.267 e. The fourth-order valence-electron chi connectivity index (χ4n) is 4.19. The molecule has 1 aromatic rings. The Morgan fingerprint density at radius 2 is 1.88 bits per heavy atom. The molecule has 1 saturated heterocycles. The van der Waals surface area contributed by atoms with E-state index < -0.39 is 11.6 Å². The van der Waals surface area contributed by atoms with Crippen LogP contribution in [0.15, 0.2) is 24.3 Å². The lowest BCUT2D eigenvalue weighted by atomic mass is 9.70. The molecule has 0 aromatic heterocycles. The monoisotopic (exact) mass is 360 g/mol. The zero-order chi connectivity index (χ0) is 18.1. The minimum Gasteiger partial charge on any atom is -0.478 e. The topological polar surface area (TPSA) is 58.6 Å². The van der Waals surface area contributed by atoms with E-state index in [9.17, 15) is 14.0 Å². The molecule has 1 spiro atoms. The number of nitrogens with one attached hydrogen (secondary N) is 1. The van der Waals surface area contributed by atoms with Crippen LogP contribution in [0.4, 0.5) is 4.39 Å². The summed E-state index contributed by atoms with van der Waals surface area (Å²) in [5.41, 5.74) is -0.402. The Bertz CT molecular complexity index is 681. The van der Waals surface area contributed by atoms with Gasteiger partial charge in [-0.25, -0.2) is 4.39 Å². The van der Waals surface area contributed by atoms with Gasteiger partial charge in [0.25, 0.3) is 5.91 Å². The molecule has 4 rings (SSSR count). The van der Waals surface area contributed by atoms with Crippen LogP contribution in [0, 0.1) is 11.7 Å². The number of nitrogens with zero attached hydrogens (tertiary/aromatic N) is 1. The Morgan fingerprint density at radius 1 is 1.19 bits per heavy atom. The second kappa shape index (κ2) is 6.89. The molecule has 0 bridgehead atoms. The van der Waals surface area contributed by atoms with Crippen LogP contribution in [0.1, 0.15) is 44.9 Å². The lowest BCUT2D eigenvalue weighted by Gasteiger charge is -2.58. The molecule has 2 aliphatic carbocycles. The van der Waals surface area contributed by atoms with Crippen LogP contribution in [0.3, 0.4) is 0 Å². The summed E-state index contributed by atoms with van der Waals surface area (Å²) in [6, 6.07) is 5.75. The van der Waals surface area contributed by atoms with Gasteiger partial charge in [0, 0.05) is 6.54 Å². The minimum absolute atomic E-state index is 0.0876. The van der Waals surface area contributed by atoms with Gasteiger partial charge in [0.1, 0.15) is 18.1 Å². The Balaban J connectivity index is 1.45. The van der Waals surface area contributed by atoms with Crippen LogP contribution in [0.5, 0.6) is 5.75 Å². The average Bonchev–Trinajstić information content (AvgIpc) is 3.49. The van der Waals surface area contributed by atoms with E-state index in [0.29, 0.717) is 18.2 Å². The summed E-state index contributed by atoms with van der Waals surface area (Å²) < 4.78 is 19.1. The van der Waals surface area contributed by atoms with E-state index >= 15 is 0 Å². The normalized spacial score (nSPS) is 24.3. The first-order valence-corrected chi connectivity index (χ1v) is 9.59. The molecular weight excluding hydrogens is 335 g/mol. The minimum atomic E-state index is -0.579. The van der Waals surface area contributed by atoms with Crippen molar-refractivity contribution in [1.82, 2.24) is 10.2 Å². The number of β-lactam (4-membered cyclic amide) rings is 1. The highest BCUT2D eigenvalue weighted by atomic mass is 19.1. The third kappa shape index (κ3) is 3.29. The molecule has 3 fully saturated rings. The SMILES string of the molecule is O=C(CN1C(=O)C(Oc2ccc(F)cc2)C12CCCCC2)NCC1CC1. The fourth-order valence-corrected chi connectivity index (χ4v) is 4.19. The number of amides is 2. The van der Waals surface area contributed by atoms with Crippen LogP contribution in [-0.4, -0.2) is 41.4 Å². The van der Waals surface area contributed by atoms with Gasteiger partial charge in [0.2, 0.25) is 5.91 Å². The summed E-state index contributed by atoms with van der Waals surface area (Å²) in [7, 11) is 0. The standard InChI is InChI=1S/C20H25FN2O3/c21-15-6-8-16(9-7-15)26-18-19(25)23(20(18)10-2-1-3-11-20)13-17(24)22-12-14-4-5-14/h6-9,14,18H,1-5,10-13H2,(H,22,24). The molecule has 1 N–H and O–H groups in total. The number of rotatable bonds is 6. The average molecular weight is 360 g/mol. The maximum atomic E-state index is 13.1. The van der Waals surface area contributed by atoms with E-state index in [2.05, 4.69) is 5.32 Å². The van der Waals surface area contributed by atoms with Crippen molar-refractivity contribution >= 4 is 11.8 Å². The molecule has 2 saturated carbocycles. The lowest BCUT2D eigenvalue weighted by Crippen LogP contribution is -2.77. The van der Waals surface area contributed by atoms with Crippen molar-refractivity contribution in [2.24, 2.45) is 5.92 Å². The smallest absolute Gasteiger partial charge is 0.267 e. The van der Waals surface area contributed by atoms with E-state index in [-0.39, 0.29) is 24.2 Å². The third-order valence-electron chi connectivity index (χ3n) is 5.89. The molecule has 140 valence electrons. The first-order chi connectivity index (χ1) is 12.6. The van der Waals surface area contributed by atoms with Gasteiger partial charge >= 0.3 is 0 Å². The number of hydrogen-bond donors (Lipinski definition) is 1. The highest BCUT2D eigenvalue weighted by molar-refractivity contribution is 5.94. The second-order valence-electron chi connectivity index (χ2n) is 7.79. The molecule has 0 radical (unpaired) electrons. The van der Waals surface area contributed by atoms with Crippen molar-refractivity contribution in [2.45, 2.75) is 56.6 Å². The highest BCUT2D eigenvalue weighted by Gasteiger charge is 2.62. The summed E-state index contributed by atoms with van der Waals surface area (Å²) in [6.45, 7) is 0.818. The molecule has 3 aliphatic rings. The number of hydrogen-bond acceptors (Lipinski definition) is 3. The molecule has 26 heavy (non-hydrogen) atoms. The van der Waals surface area contributed by atoms with Crippen LogP contribution in [0.2, 0.25) is 0 Å². The Morgan fingerprint density at radius 3 is 2.54 bits per heavy atom. The lowest BCUT2D eigenvalue weighted by molar-refractivity contribution is -0.187. The molecule has 5 nitrogen and oxygen atoms in total. The van der Waals surface area contributed by atoms with E-state index in [1.807, 2.05) is 0 Å². The van der Waals surface area contributed by atoms with Gasteiger partial charge in [-0.15, -0.1) is 0 Å². The van der Waals surface area contributed by atoms with Crippen molar-refractivity contribution < 1.29 is 18.7 Å². The molecule has 6 heteroatoms. The number of carbonyl (C=O) groups excluding carboxylic acids is 2. The summed E-state index contributed by atoms with van der Waals surface area (Å²) in [6.07, 6.45) is 6.67. The van der Waals surface area contributed by atoms with E-state index in [0.717, 1.165) is 32.1 Å². The summed E-state index contributed by atoms with van der Waals surface area (Å²) in [5.74, 6) is 0.545. The zero-order valence-corrected chi connectivity index (χ0v) is 14.9. The largest absolute Gasteiger partial charge is 0.478 e. The van der Waals surface area contributed by atoms with Gasteiger partial charge in [-0.3, -0.25) is 9.59 Å². The second-order valence-corrected chi connectivity index (χ2v) is 7.79. The van der Waals surface area contributed by atoms with E-state index in [1.54, 1.807) is 17.0 Å². The van der Waals surface area contributed by atoms with Crippen molar-refractivity contribution in [1.29, 1.82) is 0 Å². The van der Waals surface area contributed by atoms with Crippen molar-refractivity contribution in [3.05, 3.63) is 30.1 Å². The highest BCUT2D eigenvalue weighted by Crippen LogP contribution is 2.45. The number of ether oxygens (including phenoxy) is 1. The van der Waals surface area contributed by atoms with Crippen molar-refractivity contribution in [3.63, 3.8) is 0 Å². The van der Waals surface area contributed by atoms with E-state index in [4.69, 9.17) is 4.74 Å². The summed E-state index contributed by atoms with van der Waals surface area (Å²) in [4.78, 5) is 26.7. The van der Waals surface area contributed by atoms with Gasteiger partial charge in [-0.1, -0.05) is 19.3 Å². The first-order valence-electron chi connectivity index (χ1n) is 9.59. The molecule has 2 amide bonds. The number of carbonyl (C=O) groups is 2. The van der Waals surface area contributed by atoms with Gasteiger partial charge < -0.3 is 15.0 Å². The summed E-state index contributed by atoms with van der Waals surface area (Å²) >= 11 is 0. The maximum absolute atomic E-state index is 13.1. The van der Waals surface area contributed by atoms with Gasteiger partial charge in [0.05, 0.1) is 5.54 Å². The number of likely N-dealkylation sites (tertiary alicyclic amines) is 1. The Labute approximate surface area is 152 Å². The molecule has 1 aliphatic heterocycles. The molecule has 1 aromatic carbocycles. The number of benzene rings is 1. The summed E-state index contributed by atoms with van der Waals surface area (Å²) in [5, 5.41) is 2.94. The van der Waals surface area contributed by atoms with Gasteiger partial charge in [-0.2, -0.15) is 0 Å². The van der Waals surface area contributed by atoms with Crippen molar-refractivity contribution in [3.8, 4) is 5.75 Å². The molecule has 1 heterocycles. The van der Waals surface area contributed by atoms with Crippen LogP contribution < -0.4 is 10.1 Å². The van der Waals surface area contributed by atoms with Crippen molar-refractivity contribution in [2.75, 3.05) is 13.1 Å². The van der Waals surface area contributed by atoms with E-state index in [1.165, 1.54) is 25.0 Å². The quantitative estimate of drug-likeness (QED) is 0.794. The third-order valence-corrected chi connectivity index (χ3v) is 5.89. The Kier molecular flexibility index (Phi) is 4.59. The molecule has 1 atom stereocenters. The molecule has 1 unspecified atom stereocenters.